The number of hydrogen-bond donors (Lipinski definition) is 1. The second-order valence-electron chi connectivity index (χ2n) is 5.10. The topological polar surface area (TPSA) is 58.6 Å². The van der Waals surface area contributed by atoms with Crippen molar-refractivity contribution in [3.05, 3.63) is 22.7 Å². The monoisotopic (exact) mass is 376 g/mol. The van der Waals surface area contributed by atoms with E-state index in [1.807, 2.05) is 0 Å². The summed E-state index contributed by atoms with van der Waals surface area (Å²) in [6.07, 6.45) is 3.32. The van der Waals surface area contributed by atoms with Crippen LogP contribution in [0, 0.1) is 0 Å². The van der Waals surface area contributed by atoms with Gasteiger partial charge >= 0.3 is 0 Å². The molecule has 1 fully saturated rings. The van der Waals surface area contributed by atoms with Gasteiger partial charge in [-0.1, -0.05) is 15.9 Å². The number of ether oxygens (including phenoxy) is 1. The number of hydrogen-bond acceptors (Lipinski definition) is 4. The summed E-state index contributed by atoms with van der Waals surface area (Å²) in [4.78, 5) is 2.54. The highest BCUT2D eigenvalue weighted by Crippen LogP contribution is 2.26. The van der Waals surface area contributed by atoms with Crippen molar-refractivity contribution in [1.82, 2.24) is 9.62 Å². The highest BCUT2D eigenvalue weighted by molar-refractivity contribution is 9.10. The van der Waals surface area contributed by atoms with E-state index in [2.05, 4.69) is 25.6 Å². The molecule has 0 spiro atoms. The van der Waals surface area contributed by atoms with Gasteiger partial charge in [-0.15, -0.1) is 0 Å². The molecular weight excluding hydrogens is 356 g/mol. The molecule has 0 amide bonds. The average molecular weight is 377 g/mol. The fourth-order valence-corrected chi connectivity index (χ4v) is 4.23. The lowest BCUT2D eigenvalue weighted by Crippen LogP contribution is -2.29. The third-order valence-electron chi connectivity index (χ3n) is 3.56. The minimum absolute atomic E-state index is 0.167. The lowest BCUT2D eigenvalue weighted by molar-refractivity contribution is 0.334. The molecule has 1 heterocycles. The summed E-state index contributed by atoms with van der Waals surface area (Å²) in [7, 11) is -2.08. The number of nitrogens with zero attached hydrogens (tertiary/aromatic N) is 1. The van der Waals surface area contributed by atoms with Crippen LogP contribution in [0.25, 0.3) is 0 Å². The number of nitrogens with one attached hydrogen (secondary N) is 1. The smallest absolute Gasteiger partial charge is 0.244 e. The highest BCUT2D eigenvalue weighted by atomic mass is 79.9. The molecule has 1 saturated heterocycles. The number of sulfonamides is 1. The number of methoxy groups -OCH3 is 1. The Kier molecular flexibility index (Phi) is 6.04. The molecule has 21 heavy (non-hydrogen) atoms. The molecule has 0 aromatic heterocycles. The normalized spacial score (nSPS) is 16.3. The van der Waals surface area contributed by atoms with Crippen LogP contribution in [0.3, 0.4) is 0 Å². The van der Waals surface area contributed by atoms with Gasteiger partial charge in [0, 0.05) is 11.0 Å². The summed E-state index contributed by atoms with van der Waals surface area (Å²) < 4.78 is 33.2. The minimum atomic E-state index is -3.54. The zero-order chi connectivity index (χ0) is 15.3. The van der Waals surface area contributed by atoms with Crippen LogP contribution in [0.1, 0.15) is 19.3 Å². The van der Waals surface area contributed by atoms with Crippen LogP contribution in [0.5, 0.6) is 5.75 Å². The van der Waals surface area contributed by atoms with Crippen LogP contribution in [0.4, 0.5) is 0 Å². The Bertz CT molecular complexity index is 572. The first kappa shape index (κ1) is 16.7. The fourth-order valence-electron chi connectivity index (χ4n) is 2.45. The molecule has 0 atom stereocenters. The molecular formula is C14H21BrN2O3S. The van der Waals surface area contributed by atoms with Crippen molar-refractivity contribution in [2.75, 3.05) is 33.3 Å². The van der Waals surface area contributed by atoms with Crippen molar-refractivity contribution in [2.45, 2.75) is 24.2 Å². The predicted octanol–water partition coefficient (Wildman–Crippen LogP) is 2.22. The maximum atomic E-state index is 12.3. The van der Waals surface area contributed by atoms with Gasteiger partial charge in [-0.2, -0.15) is 0 Å². The Morgan fingerprint density at radius 1 is 1.33 bits per heavy atom. The molecule has 1 N–H and O–H groups in total. The molecule has 1 aromatic carbocycles. The second kappa shape index (κ2) is 7.58. The zero-order valence-corrected chi connectivity index (χ0v) is 14.5. The molecule has 2 rings (SSSR count). The first-order valence-corrected chi connectivity index (χ1v) is 9.36. The Hall–Kier alpha value is -0.630. The highest BCUT2D eigenvalue weighted by Gasteiger charge is 2.19. The van der Waals surface area contributed by atoms with E-state index in [9.17, 15) is 8.42 Å². The summed E-state index contributed by atoms with van der Waals surface area (Å²) in [5.74, 6) is 0.352. The average Bonchev–Trinajstić information content (AvgIpc) is 2.97. The lowest BCUT2D eigenvalue weighted by Gasteiger charge is -2.15. The molecule has 0 saturated carbocycles. The molecule has 7 heteroatoms. The Balaban J connectivity index is 1.93. The first-order valence-electron chi connectivity index (χ1n) is 7.08. The SMILES string of the molecule is COc1ccc(Br)cc1S(=O)(=O)NCCCN1CCCC1. The van der Waals surface area contributed by atoms with Crippen molar-refractivity contribution in [1.29, 1.82) is 0 Å². The van der Waals surface area contributed by atoms with Gasteiger partial charge in [0.2, 0.25) is 10.0 Å². The predicted molar refractivity (Wildman–Crippen MR) is 86.2 cm³/mol. The van der Waals surface area contributed by atoms with E-state index in [1.165, 1.54) is 20.0 Å². The van der Waals surface area contributed by atoms with E-state index in [4.69, 9.17) is 4.74 Å². The van der Waals surface area contributed by atoms with Crippen molar-refractivity contribution in [2.24, 2.45) is 0 Å². The molecule has 0 radical (unpaired) electrons. The van der Waals surface area contributed by atoms with Crippen LogP contribution in [0.15, 0.2) is 27.6 Å². The Morgan fingerprint density at radius 3 is 2.71 bits per heavy atom. The fraction of sp³-hybridized carbons (Fsp3) is 0.571. The van der Waals surface area contributed by atoms with Gasteiger partial charge in [0.1, 0.15) is 10.6 Å². The maximum Gasteiger partial charge on any atom is 0.244 e. The summed E-state index contributed by atoms with van der Waals surface area (Å²) in [6.45, 7) is 3.64. The molecule has 1 aromatic rings. The summed E-state index contributed by atoms with van der Waals surface area (Å²) in [5.41, 5.74) is 0. The van der Waals surface area contributed by atoms with Crippen LogP contribution < -0.4 is 9.46 Å². The summed E-state index contributed by atoms with van der Waals surface area (Å²) >= 11 is 3.29. The maximum absolute atomic E-state index is 12.3. The number of halogens is 1. The quantitative estimate of drug-likeness (QED) is 0.741. The van der Waals surface area contributed by atoms with E-state index in [1.54, 1.807) is 18.2 Å². The first-order chi connectivity index (χ1) is 10.0. The van der Waals surface area contributed by atoms with Gasteiger partial charge in [0.05, 0.1) is 7.11 Å². The zero-order valence-electron chi connectivity index (χ0n) is 12.1. The van der Waals surface area contributed by atoms with Crippen LogP contribution >= 0.6 is 15.9 Å². The van der Waals surface area contributed by atoms with Gasteiger partial charge in [-0.05, 0) is 57.1 Å². The van der Waals surface area contributed by atoms with Gasteiger partial charge in [0.15, 0.2) is 0 Å². The van der Waals surface area contributed by atoms with E-state index in [0.717, 1.165) is 26.1 Å². The molecule has 0 unspecified atom stereocenters. The van der Waals surface area contributed by atoms with Crippen molar-refractivity contribution in [3.8, 4) is 5.75 Å². The number of benzene rings is 1. The number of rotatable bonds is 7. The standard InChI is InChI=1S/C14H21BrN2O3S/c1-20-13-6-5-12(15)11-14(13)21(18,19)16-7-4-10-17-8-2-3-9-17/h5-6,11,16H,2-4,7-10H2,1H3. The molecule has 0 aliphatic carbocycles. The molecule has 1 aliphatic rings. The summed E-state index contributed by atoms with van der Waals surface area (Å²) in [5, 5.41) is 0. The third kappa shape index (κ3) is 4.67. The van der Waals surface area contributed by atoms with Gasteiger partial charge in [-0.3, -0.25) is 0 Å². The Labute approximate surface area is 134 Å². The van der Waals surface area contributed by atoms with E-state index in [-0.39, 0.29) is 4.90 Å². The lowest BCUT2D eigenvalue weighted by atomic mass is 10.3. The van der Waals surface area contributed by atoms with Gasteiger partial charge in [0.25, 0.3) is 0 Å². The van der Waals surface area contributed by atoms with Crippen LogP contribution in [0.2, 0.25) is 0 Å². The molecule has 1 aliphatic heterocycles. The minimum Gasteiger partial charge on any atom is -0.495 e. The molecule has 118 valence electrons. The van der Waals surface area contributed by atoms with Crippen LogP contribution in [-0.2, 0) is 10.0 Å². The van der Waals surface area contributed by atoms with Gasteiger partial charge < -0.3 is 9.64 Å². The van der Waals surface area contributed by atoms with Gasteiger partial charge in [-0.25, -0.2) is 13.1 Å². The summed E-state index contributed by atoms with van der Waals surface area (Å²) in [6, 6.07) is 4.95. The van der Waals surface area contributed by atoms with E-state index in [0.29, 0.717) is 16.8 Å². The van der Waals surface area contributed by atoms with Crippen molar-refractivity contribution in [3.63, 3.8) is 0 Å². The van der Waals surface area contributed by atoms with E-state index < -0.39 is 10.0 Å². The molecule has 5 nitrogen and oxygen atoms in total. The van der Waals surface area contributed by atoms with Crippen molar-refractivity contribution < 1.29 is 13.2 Å². The largest absolute Gasteiger partial charge is 0.495 e. The second-order valence-corrected chi connectivity index (χ2v) is 7.75. The number of likely N-dealkylation sites (tertiary alicyclic amines) is 1. The van der Waals surface area contributed by atoms with Crippen LogP contribution in [-0.4, -0.2) is 46.6 Å². The Morgan fingerprint density at radius 2 is 2.05 bits per heavy atom. The van der Waals surface area contributed by atoms with Crippen molar-refractivity contribution >= 4 is 26.0 Å². The molecule has 0 bridgehead atoms. The third-order valence-corrected chi connectivity index (χ3v) is 5.53. The van der Waals surface area contributed by atoms with E-state index >= 15 is 0 Å².